The summed E-state index contributed by atoms with van der Waals surface area (Å²) < 4.78 is 1.85. The van der Waals surface area contributed by atoms with Crippen molar-refractivity contribution in [2.45, 2.75) is 13.5 Å². The van der Waals surface area contributed by atoms with Crippen molar-refractivity contribution >= 4 is 5.91 Å². The van der Waals surface area contributed by atoms with Crippen molar-refractivity contribution in [3.05, 3.63) is 47.5 Å². The second-order valence-corrected chi connectivity index (χ2v) is 4.14. The van der Waals surface area contributed by atoms with E-state index in [9.17, 15) is 9.90 Å². The highest BCUT2D eigenvalue weighted by molar-refractivity contribution is 5.95. The number of nitrogens with zero attached hydrogens (tertiary/aromatic N) is 2. The smallest absolute Gasteiger partial charge is 0.251 e. The van der Waals surface area contributed by atoms with Crippen LogP contribution in [0.4, 0.5) is 0 Å². The van der Waals surface area contributed by atoms with Gasteiger partial charge in [0.1, 0.15) is 11.6 Å². The Bertz CT molecular complexity index is 575. The van der Waals surface area contributed by atoms with Crippen LogP contribution in [0.15, 0.2) is 30.6 Å². The van der Waals surface area contributed by atoms with Crippen LogP contribution < -0.4 is 5.32 Å². The summed E-state index contributed by atoms with van der Waals surface area (Å²) in [6, 6.07) is 4.68. The fourth-order valence-corrected chi connectivity index (χ4v) is 1.72. The topological polar surface area (TPSA) is 67.2 Å². The first-order valence-corrected chi connectivity index (χ1v) is 5.62. The van der Waals surface area contributed by atoms with E-state index in [0.717, 1.165) is 11.4 Å². The van der Waals surface area contributed by atoms with Gasteiger partial charge in [-0.2, -0.15) is 0 Å². The number of aromatic hydroxyl groups is 1. The number of phenols is 1. The highest BCUT2D eigenvalue weighted by atomic mass is 16.3. The Morgan fingerprint density at radius 2 is 2.28 bits per heavy atom. The van der Waals surface area contributed by atoms with Gasteiger partial charge in [0.2, 0.25) is 0 Å². The molecule has 0 saturated heterocycles. The zero-order valence-corrected chi connectivity index (χ0v) is 10.3. The maximum absolute atomic E-state index is 12.0. The fraction of sp³-hybridized carbons (Fsp3) is 0.231. The van der Waals surface area contributed by atoms with Gasteiger partial charge < -0.3 is 15.0 Å². The van der Waals surface area contributed by atoms with Gasteiger partial charge in [-0.15, -0.1) is 0 Å². The number of rotatable bonds is 3. The normalized spacial score (nSPS) is 10.3. The van der Waals surface area contributed by atoms with Crippen molar-refractivity contribution in [3.63, 3.8) is 0 Å². The van der Waals surface area contributed by atoms with Crippen molar-refractivity contribution in [3.8, 4) is 5.75 Å². The maximum Gasteiger partial charge on any atom is 0.251 e. The number of carbonyl (C=O) groups excluding carboxylic acids is 1. The van der Waals surface area contributed by atoms with Crippen LogP contribution in [-0.4, -0.2) is 20.6 Å². The average Bonchev–Trinajstić information content (AvgIpc) is 2.72. The van der Waals surface area contributed by atoms with Gasteiger partial charge >= 0.3 is 0 Å². The third-order valence-corrected chi connectivity index (χ3v) is 2.78. The summed E-state index contributed by atoms with van der Waals surface area (Å²) in [5.41, 5.74) is 1.30. The molecule has 2 rings (SSSR count). The number of aromatic nitrogens is 2. The largest absolute Gasteiger partial charge is 0.508 e. The number of aryl methyl sites for hydroxylation is 2. The Hall–Kier alpha value is -2.30. The molecule has 0 aliphatic carbocycles. The van der Waals surface area contributed by atoms with Gasteiger partial charge in [0, 0.05) is 25.0 Å². The third-order valence-electron chi connectivity index (χ3n) is 2.78. The van der Waals surface area contributed by atoms with E-state index < -0.39 is 0 Å². The summed E-state index contributed by atoms with van der Waals surface area (Å²) in [5, 5.41) is 12.1. The van der Waals surface area contributed by atoms with E-state index in [0.29, 0.717) is 12.1 Å². The van der Waals surface area contributed by atoms with Crippen LogP contribution in [0.5, 0.6) is 5.75 Å². The molecular weight excluding hydrogens is 230 g/mol. The molecule has 2 aromatic rings. The third kappa shape index (κ3) is 2.51. The molecule has 0 atom stereocenters. The molecule has 0 aliphatic rings. The first kappa shape index (κ1) is 12.2. The van der Waals surface area contributed by atoms with Gasteiger partial charge in [-0.1, -0.05) is 0 Å². The first-order valence-electron chi connectivity index (χ1n) is 5.62. The molecule has 1 aromatic heterocycles. The highest BCUT2D eigenvalue weighted by Gasteiger charge is 2.10. The van der Waals surface area contributed by atoms with E-state index in [1.165, 1.54) is 6.07 Å². The minimum Gasteiger partial charge on any atom is -0.508 e. The molecule has 0 bridgehead atoms. The molecule has 1 amide bonds. The van der Waals surface area contributed by atoms with Gasteiger partial charge in [0.25, 0.3) is 5.91 Å². The van der Waals surface area contributed by atoms with Crippen LogP contribution >= 0.6 is 0 Å². The molecule has 0 radical (unpaired) electrons. The maximum atomic E-state index is 12.0. The molecule has 1 aromatic carbocycles. The second kappa shape index (κ2) is 4.91. The van der Waals surface area contributed by atoms with Crippen molar-refractivity contribution in [2.24, 2.45) is 7.05 Å². The Balaban J connectivity index is 2.06. The molecule has 2 N–H and O–H groups in total. The molecule has 94 valence electrons. The monoisotopic (exact) mass is 245 g/mol. The SMILES string of the molecule is Cc1cc(O)ccc1C(=O)NCc1nccn1C. The predicted octanol–water partition coefficient (Wildman–Crippen LogP) is 1.36. The van der Waals surface area contributed by atoms with Crippen LogP contribution in [0.25, 0.3) is 0 Å². The van der Waals surface area contributed by atoms with E-state index in [2.05, 4.69) is 10.3 Å². The zero-order valence-electron chi connectivity index (χ0n) is 10.3. The fourth-order valence-electron chi connectivity index (χ4n) is 1.72. The summed E-state index contributed by atoms with van der Waals surface area (Å²) in [7, 11) is 1.88. The standard InChI is InChI=1S/C13H15N3O2/c1-9-7-10(17)3-4-11(9)13(18)15-8-12-14-5-6-16(12)2/h3-7,17H,8H2,1-2H3,(H,15,18). The number of carbonyl (C=O) groups is 1. The lowest BCUT2D eigenvalue weighted by molar-refractivity contribution is 0.0949. The van der Waals surface area contributed by atoms with Crippen LogP contribution in [0, 0.1) is 6.92 Å². The van der Waals surface area contributed by atoms with E-state index in [4.69, 9.17) is 0 Å². The number of phenolic OH excluding ortho intramolecular Hbond substituents is 1. The lowest BCUT2D eigenvalue weighted by Crippen LogP contribution is -2.25. The number of nitrogens with one attached hydrogen (secondary N) is 1. The number of amides is 1. The van der Waals surface area contributed by atoms with E-state index in [1.54, 1.807) is 25.3 Å². The Morgan fingerprint density at radius 3 is 2.89 bits per heavy atom. The molecule has 0 saturated carbocycles. The van der Waals surface area contributed by atoms with Crippen LogP contribution in [0.2, 0.25) is 0 Å². The Kier molecular flexibility index (Phi) is 3.32. The number of benzene rings is 1. The first-order chi connectivity index (χ1) is 8.58. The predicted molar refractivity (Wildman–Crippen MR) is 67.2 cm³/mol. The van der Waals surface area contributed by atoms with Gasteiger partial charge in [0.15, 0.2) is 0 Å². The van der Waals surface area contributed by atoms with Gasteiger partial charge in [-0.25, -0.2) is 4.98 Å². The van der Waals surface area contributed by atoms with Gasteiger partial charge in [-0.05, 0) is 30.7 Å². The van der Waals surface area contributed by atoms with Crippen molar-refractivity contribution in [1.82, 2.24) is 14.9 Å². The molecular formula is C13H15N3O2. The minimum absolute atomic E-state index is 0.160. The second-order valence-electron chi connectivity index (χ2n) is 4.14. The number of hydrogen-bond donors (Lipinski definition) is 2. The lowest BCUT2D eigenvalue weighted by atomic mass is 10.1. The summed E-state index contributed by atoms with van der Waals surface area (Å²) in [6.07, 6.45) is 3.51. The van der Waals surface area contributed by atoms with E-state index in [1.807, 2.05) is 17.8 Å². The molecule has 0 fully saturated rings. The van der Waals surface area contributed by atoms with E-state index >= 15 is 0 Å². The van der Waals surface area contributed by atoms with Crippen molar-refractivity contribution in [2.75, 3.05) is 0 Å². The molecule has 1 heterocycles. The quantitative estimate of drug-likeness (QED) is 0.858. The summed E-state index contributed by atoms with van der Waals surface area (Å²) in [6.45, 7) is 2.16. The van der Waals surface area contributed by atoms with Crippen LogP contribution in [-0.2, 0) is 13.6 Å². The molecule has 18 heavy (non-hydrogen) atoms. The zero-order chi connectivity index (χ0) is 13.1. The van der Waals surface area contributed by atoms with Gasteiger partial charge in [0.05, 0.1) is 6.54 Å². The minimum atomic E-state index is -0.171. The van der Waals surface area contributed by atoms with Crippen LogP contribution in [0.1, 0.15) is 21.7 Å². The molecule has 0 spiro atoms. The van der Waals surface area contributed by atoms with Crippen molar-refractivity contribution in [1.29, 1.82) is 0 Å². The van der Waals surface area contributed by atoms with Gasteiger partial charge in [-0.3, -0.25) is 4.79 Å². The molecule has 5 heteroatoms. The summed E-state index contributed by atoms with van der Waals surface area (Å²) >= 11 is 0. The lowest BCUT2D eigenvalue weighted by Gasteiger charge is -2.08. The molecule has 5 nitrogen and oxygen atoms in total. The molecule has 0 unspecified atom stereocenters. The Labute approximate surface area is 105 Å². The summed E-state index contributed by atoms with van der Waals surface area (Å²) in [4.78, 5) is 16.1. The number of imidazole rings is 1. The van der Waals surface area contributed by atoms with Crippen LogP contribution in [0.3, 0.4) is 0 Å². The van der Waals surface area contributed by atoms with E-state index in [-0.39, 0.29) is 11.7 Å². The van der Waals surface area contributed by atoms with Crippen molar-refractivity contribution < 1.29 is 9.90 Å². The summed E-state index contributed by atoms with van der Waals surface area (Å²) in [5.74, 6) is 0.781. The highest BCUT2D eigenvalue weighted by Crippen LogP contribution is 2.15. The molecule has 0 aliphatic heterocycles. The Morgan fingerprint density at radius 1 is 1.50 bits per heavy atom. The number of hydrogen-bond acceptors (Lipinski definition) is 3. The average molecular weight is 245 g/mol.